The van der Waals surface area contributed by atoms with Crippen LogP contribution in [0.3, 0.4) is 0 Å². The van der Waals surface area contributed by atoms with Crippen molar-refractivity contribution >= 4 is 16.6 Å². The topological polar surface area (TPSA) is 75.7 Å². The predicted molar refractivity (Wildman–Crippen MR) is 123 cm³/mol. The zero-order valence-electron chi connectivity index (χ0n) is 17.9. The zero-order valence-corrected chi connectivity index (χ0v) is 17.9. The molecule has 1 aliphatic heterocycles. The van der Waals surface area contributed by atoms with Gasteiger partial charge in [0.05, 0.1) is 31.0 Å². The average Bonchev–Trinajstić information content (AvgIpc) is 3.24. The Bertz CT molecular complexity index is 935. The lowest BCUT2D eigenvalue weighted by Crippen LogP contribution is -2.28. The lowest BCUT2D eigenvalue weighted by Gasteiger charge is -2.24. The van der Waals surface area contributed by atoms with Gasteiger partial charge < -0.3 is 29.6 Å². The first-order valence-corrected chi connectivity index (χ1v) is 11.1. The van der Waals surface area contributed by atoms with E-state index in [0.717, 1.165) is 48.5 Å². The van der Waals surface area contributed by atoms with Crippen LogP contribution in [0.15, 0.2) is 48.5 Å². The normalized spacial score (nSPS) is 14.9. The minimum Gasteiger partial charge on any atom is -0.396 e. The summed E-state index contributed by atoms with van der Waals surface area (Å²) in [7, 11) is 0. The summed E-state index contributed by atoms with van der Waals surface area (Å²) in [6.45, 7) is 3.95. The third-order valence-corrected chi connectivity index (χ3v) is 5.54. The number of ether oxygens (including phenoxy) is 3. The molecule has 31 heavy (non-hydrogen) atoms. The Kier molecular flexibility index (Phi) is 7.96. The molecule has 0 radical (unpaired) electrons. The molecule has 2 heterocycles. The number of nitrogens with one attached hydrogen (secondary N) is 2. The summed E-state index contributed by atoms with van der Waals surface area (Å²) in [6, 6.07) is 17.4. The van der Waals surface area contributed by atoms with E-state index in [1.54, 1.807) is 0 Å². The predicted octanol–water partition coefficient (Wildman–Crippen LogP) is 4.34. The van der Waals surface area contributed by atoms with Crippen molar-refractivity contribution in [2.45, 2.75) is 31.9 Å². The van der Waals surface area contributed by atoms with Crippen LogP contribution in [0.1, 0.15) is 24.8 Å². The van der Waals surface area contributed by atoms with Gasteiger partial charge in [0.1, 0.15) is 0 Å². The molecule has 2 aromatic carbocycles. The Morgan fingerprint density at radius 1 is 1.00 bits per heavy atom. The smallest absolute Gasteiger partial charge is 0.0719 e. The van der Waals surface area contributed by atoms with Crippen molar-refractivity contribution in [1.29, 1.82) is 0 Å². The van der Waals surface area contributed by atoms with E-state index in [4.69, 9.17) is 19.3 Å². The average molecular weight is 425 g/mol. The molecule has 3 N–H and O–H groups in total. The molecule has 1 aliphatic rings. The van der Waals surface area contributed by atoms with Gasteiger partial charge >= 0.3 is 0 Å². The van der Waals surface area contributed by atoms with Gasteiger partial charge in [-0.1, -0.05) is 30.3 Å². The quantitative estimate of drug-likeness (QED) is 0.399. The van der Waals surface area contributed by atoms with Crippen LogP contribution in [-0.4, -0.2) is 55.8 Å². The number of anilines is 1. The fraction of sp³-hybridized carbons (Fsp3) is 0.440. The highest BCUT2D eigenvalue weighted by molar-refractivity contribution is 5.95. The highest BCUT2D eigenvalue weighted by atomic mass is 16.5. The molecule has 1 aromatic heterocycles. The summed E-state index contributed by atoms with van der Waals surface area (Å²) in [5.74, 6) is 0. The van der Waals surface area contributed by atoms with Gasteiger partial charge in [-0.25, -0.2) is 0 Å². The number of fused-ring (bicyclic) bond motifs is 1. The van der Waals surface area contributed by atoms with E-state index in [1.165, 1.54) is 10.9 Å². The molecule has 6 heteroatoms. The Hall–Kier alpha value is -2.38. The molecule has 3 aromatic rings. The monoisotopic (exact) mass is 424 g/mol. The maximum Gasteiger partial charge on any atom is 0.0719 e. The molecule has 0 atom stereocenters. The molecule has 0 amide bonds. The molecule has 166 valence electrons. The summed E-state index contributed by atoms with van der Waals surface area (Å²) >= 11 is 0. The van der Waals surface area contributed by atoms with Crippen molar-refractivity contribution in [3.05, 3.63) is 54.1 Å². The first-order valence-electron chi connectivity index (χ1n) is 11.1. The molecule has 4 rings (SSSR count). The van der Waals surface area contributed by atoms with Gasteiger partial charge in [0.25, 0.3) is 0 Å². The highest BCUT2D eigenvalue weighted by Gasteiger charge is 2.16. The van der Waals surface area contributed by atoms with Crippen molar-refractivity contribution in [3.63, 3.8) is 0 Å². The SMILES string of the molecule is OCCCOCCOCc1cc(NC2CCOCC2)c2[nH]c(-c3ccccc3)cc2c1. The van der Waals surface area contributed by atoms with Crippen LogP contribution in [0.5, 0.6) is 0 Å². The van der Waals surface area contributed by atoms with E-state index in [2.05, 4.69) is 52.8 Å². The van der Waals surface area contributed by atoms with E-state index in [1.807, 2.05) is 6.07 Å². The fourth-order valence-corrected chi connectivity index (χ4v) is 3.91. The number of aliphatic hydroxyl groups is 1. The maximum atomic E-state index is 8.80. The maximum absolute atomic E-state index is 8.80. The van der Waals surface area contributed by atoms with Gasteiger partial charge in [0.15, 0.2) is 0 Å². The minimum absolute atomic E-state index is 0.158. The lowest BCUT2D eigenvalue weighted by atomic mass is 10.1. The molecular weight excluding hydrogens is 392 g/mol. The number of H-pyrrole nitrogens is 1. The number of rotatable bonds is 11. The van der Waals surface area contributed by atoms with Gasteiger partial charge in [-0.2, -0.15) is 0 Å². The third kappa shape index (κ3) is 6.08. The van der Waals surface area contributed by atoms with Crippen molar-refractivity contribution < 1.29 is 19.3 Å². The Morgan fingerprint density at radius 2 is 1.81 bits per heavy atom. The number of hydrogen-bond acceptors (Lipinski definition) is 5. The second kappa shape index (κ2) is 11.3. The van der Waals surface area contributed by atoms with Crippen molar-refractivity contribution in [2.75, 3.05) is 45.0 Å². The number of aromatic nitrogens is 1. The van der Waals surface area contributed by atoms with Gasteiger partial charge in [-0.3, -0.25) is 0 Å². The van der Waals surface area contributed by atoms with Gasteiger partial charge in [0, 0.05) is 43.5 Å². The molecule has 0 aliphatic carbocycles. The summed E-state index contributed by atoms with van der Waals surface area (Å²) in [5.41, 5.74) is 5.66. The Balaban J connectivity index is 1.50. The second-order valence-electron chi connectivity index (χ2n) is 7.93. The van der Waals surface area contributed by atoms with Crippen molar-refractivity contribution in [2.24, 2.45) is 0 Å². The lowest BCUT2D eigenvalue weighted by molar-refractivity contribution is 0.0361. The summed E-state index contributed by atoms with van der Waals surface area (Å²) in [6.07, 6.45) is 2.69. The largest absolute Gasteiger partial charge is 0.396 e. The van der Waals surface area contributed by atoms with Gasteiger partial charge in [-0.15, -0.1) is 0 Å². The molecule has 0 bridgehead atoms. The summed E-state index contributed by atoms with van der Waals surface area (Å²) in [4.78, 5) is 3.62. The van der Waals surface area contributed by atoms with Crippen LogP contribution in [0.2, 0.25) is 0 Å². The van der Waals surface area contributed by atoms with Crippen molar-refractivity contribution in [3.8, 4) is 11.3 Å². The summed E-state index contributed by atoms with van der Waals surface area (Å²) < 4.78 is 16.8. The van der Waals surface area contributed by atoms with E-state index in [0.29, 0.717) is 38.9 Å². The van der Waals surface area contributed by atoms with Crippen molar-refractivity contribution in [1.82, 2.24) is 4.98 Å². The number of aliphatic hydroxyl groups excluding tert-OH is 1. The molecule has 1 saturated heterocycles. The minimum atomic E-state index is 0.158. The van der Waals surface area contributed by atoms with Crippen LogP contribution in [0.25, 0.3) is 22.2 Å². The van der Waals surface area contributed by atoms with Crippen LogP contribution in [0, 0.1) is 0 Å². The van der Waals surface area contributed by atoms with E-state index in [9.17, 15) is 0 Å². The summed E-state index contributed by atoms with van der Waals surface area (Å²) in [5, 5.41) is 13.7. The molecular formula is C25H32N2O4. The molecule has 0 unspecified atom stereocenters. The van der Waals surface area contributed by atoms with E-state index < -0.39 is 0 Å². The van der Waals surface area contributed by atoms with E-state index >= 15 is 0 Å². The number of hydrogen-bond donors (Lipinski definition) is 3. The van der Waals surface area contributed by atoms with Gasteiger partial charge in [0.2, 0.25) is 0 Å². The standard InChI is InChI=1S/C25H32N2O4/c28-9-4-10-29-13-14-31-18-19-15-21-17-23(20-5-2-1-3-6-20)27-25(21)24(16-19)26-22-7-11-30-12-8-22/h1-3,5-6,15-17,22,26-28H,4,7-14,18H2. The highest BCUT2D eigenvalue weighted by Crippen LogP contribution is 2.31. The molecule has 6 nitrogen and oxygen atoms in total. The van der Waals surface area contributed by atoms with Crippen LogP contribution < -0.4 is 5.32 Å². The Morgan fingerprint density at radius 3 is 2.61 bits per heavy atom. The third-order valence-electron chi connectivity index (χ3n) is 5.54. The van der Waals surface area contributed by atoms with Crippen LogP contribution >= 0.6 is 0 Å². The molecule has 0 spiro atoms. The fourth-order valence-electron chi connectivity index (χ4n) is 3.91. The molecule has 1 fully saturated rings. The zero-order chi connectivity index (χ0) is 21.3. The van der Waals surface area contributed by atoms with Crippen LogP contribution in [0.4, 0.5) is 5.69 Å². The first kappa shape index (κ1) is 21.8. The second-order valence-corrected chi connectivity index (χ2v) is 7.93. The number of benzene rings is 2. The van der Waals surface area contributed by atoms with E-state index in [-0.39, 0.29) is 6.61 Å². The number of aromatic amines is 1. The first-order chi connectivity index (χ1) is 15.3. The molecule has 0 saturated carbocycles. The van der Waals surface area contributed by atoms with Crippen LogP contribution in [-0.2, 0) is 20.8 Å². The Labute approximate surface area is 183 Å². The van der Waals surface area contributed by atoms with Gasteiger partial charge in [-0.05, 0) is 48.6 Å².